The molecule has 7 heteroatoms. The number of carbonyl (C=O) groups excluding carboxylic acids is 1. The van der Waals surface area contributed by atoms with Gasteiger partial charge in [0.15, 0.2) is 0 Å². The number of aromatic nitrogens is 3. The van der Waals surface area contributed by atoms with Crippen LogP contribution >= 0.6 is 0 Å². The molecule has 2 saturated carbocycles. The molecule has 2 aliphatic carbocycles. The molecule has 26 heavy (non-hydrogen) atoms. The Balaban J connectivity index is 1.56. The van der Waals surface area contributed by atoms with Crippen molar-refractivity contribution in [2.45, 2.75) is 70.0 Å². The highest BCUT2D eigenvalue weighted by Gasteiger charge is 2.47. The molecule has 2 heterocycles. The van der Waals surface area contributed by atoms with Crippen molar-refractivity contribution in [3.05, 3.63) is 12.2 Å². The average molecular weight is 361 g/mol. The highest BCUT2D eigenvalue weighted by atomic mass is 16.5. The number of morpholine rings is 1. The quantitative estimate of drug-likeness (QED) is 0.838. The van der Waals surface area contributed by atoms with E-state index in [1.54, 1.807) is 6.33 Å². The number of hydrogen-bond donors (Lipinski definition) is 1. The number of ether oxygens (including phenoxy) is 1. The predicted octanol–water partition coefficient (Wildman–Crippen LogP) is 1.90. The number of aryl methyl sites for hydroxylation is 1. The van der Waals surface area contributed by atoms with Gasteiger partial charge in [0.1, 0.15) is 17.7 Å². The summed E-state index contributed by atoms with van der Waals surface area (Å²) in [7, 11) is 0. The maximum atomic E-state index is 13.6. The second-order valence-corrected chi connectivity index (χ2v) is 7.91. The van der Waals surface area contributed by atoms with Crippen LogP contribution in [0.4, 0.5) is 0 Å². The van der Waals surface area contributed by atoms with Crippen LogP contribution in [0.15, 0.2) is 6.33 Å². The number of rotatable bonds is 6. The van der Waals surface area contributed by atoms with E-state index >= 15 is 0 Å². The summed E-state index contributed by atoms with van der Waals surface area (Å²) in [6.45, 7) is 6.01. The lowest BCUT2D eigenvalue weighted by molar-refractivity contribution is -0.141. The van der Waals surface area contributed by atoms with Gasteiger partial charge in [0.25, 0.3) is 0 Å². The molecule has 1 atom stereocenters. The fourth-order valence-corrected chi connectivity index (χ4v) is 4.67. The molecule has 0 unspecified atom stereocenters. The third-order valence-electron chi connectivity index (χ3n) is 6.32. The van der Waals surface area contributed by atoms with Crippen molar-refractivity contribution in [2.24, 2.45) is 5.92 Å². The molecular formula is C19H31N5O2. The summed E-state index contributed by atoms with van der Waals surface area (Å²) in [6.07, 6.45) is 9.33. The van der Waals surface area contributed by atoms with E-state index in [2.05, 4.69) is 27.2 Å². The van der Waals surface area contributed by atoms with Crippen molar-refractivity contribution in [3.8, 4) is 0 Å². The lowest BCUT2D eigenvalue weighted by Crippen LogP contribution is -2.62. The molecule has 144 valence electrons. The summed E-state index contributed by atoms with van der Waals surface area (Å²) in [5.41, 5.74) is -0.369. The number of nitrogens with one attached hydrogen (secondary N) is 1. The van der Waals surface area contributed by atoms with Gasteiger partial charge >= 0.3 is 0 Å². The van der Waals surface area contributed by atoms with Gasteiger partial charge in [0.2, 0.25) is 5.91 Å². The number of amides is 1. The fourth-order valence-electron chi connectivity index (χ4n) is 4.67. The molecule has 4 rings (SSSR count). The minimum atomic E-state index is -0.369. The molecule has 1 aromatic heterocycles. The summed E-state index contributed by atoms with van der Waals surface area (Å²) >= 11 is 0. The van der Waals surface area contributed by atoms with Gasteiger partial charge in [0, 0.05) is 19.6 Å². The van der Waals surface area contributed by atoms with Gasteiger partial charge in [-0.15, -0.1) is 0 Å². The predicted molar refractivity (Wildman–Crippen MR) is 97.5 cm³/mol. The minimum Gasteiger partial charge on any atom is -0.379 e. The number of hydrogen-bond acceptors (Lipinski definition) is 5. The summed E-state index contributed by atoms with van der Waals surface area (Å²) in [5.74, 6) is 1.61. The van der Waals surface area contributed by atoms with Crippen LogP contribution in [0.2, 0.25) is 0 Å². The Hall–Kier alpha value is -1.47. The minimum absolute atomic E-state index is 0.00945. The maximum Gasteiger partial charge on any atom is 0.241 e. The molecule has 1 saturated heterocycles. The van der Waals surface area contributed by atoms with E-state index in [0.717, 1.165) is 77.2 Å². The fraction of sp³-hybridized carbons (Fsp3) is 0.842. The normalized spacial score (nSPS) is 25.0. The van der Waals surface area contributed by atoms with Crippen LogP contribution in [-0.4, -0.2) is 57.4 Å². The van der Waals surface area contributed by atoms with Crippen molar-refractivity contribution in [1.82, 2.24) is 25.0 Å². The Kier molecular flexibility index (Phi) is 5.27. The molecule has 1 amide bonds. The molecule has 1 aliphatic heterocycles. The van der Waals surface area contributed by atoms with E-state index in [1.165, 1.54) is 6.42 Å². The summed E-state index contributed by atoms with van der Waals surface area (Å²) in [6, 6.07) is -0.00945. The van der Waals surface area contributed by atoms with Gasteiger partial charge < -0.3 is 10.1 Å². The van der Waals surface area contributed by atoms with Crippen molar-refractivity contribution < 1.29 is 9.53 Å². The zero-order valence-electron chi connectivity index (χ0n) is 15.8. The van der Waals surface area contributed by atoms with Crippen LogP contribution in [0.5, 0.6) is 0 Å². The van der Waals surface area contributed by atoms with Gasteiger partial charge in [0.05, 0.1) is 19.3 Å². The monoisotopic (exact) mass is 361 g/mol. The summed E-state index contributed by atoms with van der Waals surface area (Å²) in [4.78, 5) is 20.5. The third kappa shape index (κ3) is 3.39. The standard InChI is InChI=1S/C19H31N5O2/c1-2-24-17(20-14-21-24)16(15-6-7-15)22-18(25)19(8-4-3-5-9-19)23-10-12-26-13-11-23/h14-16H,2-13H2,1H3,(H,22,25)/t16-/m0/s1. The Morgan fingerprint density at radius 3 is 2.69 bits per heavy atom. The van der Waals surface area contributed by atoms with E-state index in [0.29, 0.717) is 5.92 Å². The average Bonchev–Trinajstić information content (AvgIpc) is 3.43. The second kappa shape index (κ2) is 7.64. The van der Waals surface area contributed by atoms with E-state index in [-0.39, 0.29) is 17.5 Å². The molecule has 3 aliphatic rings. The first-order chi connectivity index (χ1) is 12.7. The van der Waals surface area contributed by atoms with Crippen LogP contribution in [-0.2, 0) is 16.1 Å². The Labute approximate surface area is 155 Å². The van der Waals surface area contributed by atoms with Gasteiger partial charge in [-0.3, -0.25) is 9.69 Å². The molecule has 1 N–H and O–H groups in total. The zero-order chi connectivity index (χ0) is 18.0. The Bertz CT molecular complexity index is 615. The summed E-state index contributed by atoms with van der Waals surface area (Å²) in [5, 5.41) is 7.74. The number of carbonyl (C=O) groups is 1. The molecule has 3 fully saturated rings. The van der Waals surface area contributed by atoms with Crippen LogP contribution < -0.4 is 5.32 Å². The van der Waals surface area contributed by atoms with Crippen molar-refractivity contribution in [3.63, 3.8) is 0 Å². The molecule has 0 bridgehead atoms. The Morgan fingerprint density at radius 2 is 2.04 bits per heavy atom. The largest absolute Gasteiger partial charge is 0.379 e. The van der Waals surface area contributed by atoms with E-state index < -0.39 is 0 Å². The summed E-state index contributed by atoms with van der Waals surface area (Å²) < 4.78 is 7.46. The van der Waals surface area contributed by atoms with Gasteiger partial charge in [-0.1, -0.05) is 19.3 Å². The highest BCUT2D eigenvalue weighted by molar-refractivity contribution is 5.87. The van der Waals surface area contributed by atoms with Crippen molar-refractivity contribution >= 4 is 5.91 Å². The highest BCUT2D eigenvalue weighted by Crippen LogP contribution is 2.42. The lowest BCUT2D eigenvalue weighted by atomic mass is 9.79. The first-order valence-electron chi connectivity index (χ1n) is 10.3. The maximum absolute atomic E-state index is 13.6. The molecule has 0 radical (unpaired) electrons. The lowest BCUT2D eigenvalue weighted by Gasteiger charge is -2.47. The number of nitrogens with zero attached hydrogens (tertiary/aromatic N) is 4. The van der Waals surface area contributed by atoms with Crippen molar-refractivity contribution in [1.29, 1.82) is 0 Å². The Morgan fingerprint density at radius 1 is 1.31 bits per heavy atom. The molecular weight excluding hydrogens is 330 g/mol. The van der Waals surface area contributed by atoms with E-state index in [4.69, 9.17) is 4.74 Å². The smallest absolute Gasteiger partial charge is 0.241 e. The molecule has 0 spiro atoms. The first-order valence-corrected chi connectivity index (χ1v) is 10.3. The molecule has 1 aromatic rings. The zero-order valence-corrected chi connectivity index (χ0v) is 15.8. The molecule has 0 aromatic carbocycles. The third-order valence-corrected chi connectivity index (χ3v) is 6.32. The van der Waals surface area contributed by atoms with Crippen LogP contribution in [0.1, 0.15) is 63.7 Å². The van der Waals surface area contributed by atoms with Crippen LogP contribution in [0.3, 0.4) is 0 Å². The SMILES string of the molecule is CCn1ncnc1[C@@H](NC(=O)C1(N2CCOCC2)CCCCC1)C1CC1. The second-order valence-electron chi connectivity index (χ2n) is 7.91. The van der Waals surface area contributed by atoms with Crippen LogP contribution in [0, 0.1) is 5.92 Å². The topological polar surface area (TPSA) is 72.3 Å². The van der Waals surface area contributed by atoms with Crippen molar-refractivity contribution in [2.75, 3.05) is 26.3 Å². The van der Waals surface area contributed by atoms with Gasteiger partial charge in [-0.25, -0.2) is 9.67 Å². The van der Waals surface area contributed by atoms with E-state index in [1.807, 2.05) is 4.68 Å². The molecule has 7 nitrogen and oxygen atoms in total. The van der Waals surface area contributed by atoms with Crippen LogP contribution in [0.25, 0.3) is 0 Å². The van der Waals surface area contributed by atoms with Gasteiger partial charge in [-0.05, 0) is 38.5 Å². The van der Waals surface area contributed by atoms with E-state index in [9.17, 15) is 4.79 Å². The first kappa shape index (κ1) is 17.9. The van der Waals surface area contributed by atoms with Gasteiger partial charge in [-0.2, -0.15) is 5.10 Å².